The van der Waals surface area contributed by atoms with Crippen LogP contribution in [0.2, 0.25) is 5.02 Å². The molecule has 76 valence electrons. The molecule has 2 rings (SSSR count). The molecule has 1 aromatic rings. The third-order valence-electron chi connectivity index (χ3n) is 2.53. The maximum absolute atomic E-state index is 5.90. The Hall–Kier alpha value is -0.570. The van der Waals surface area contributed by atoms with E-state index in [1.165, 1.54) is 11.1 Å². The number of morpholine rings is 1. The first-order valence-corrected chi connectivity index (χ1v) is 5.22. The van der Waals surface area contributed by atoms with Crippen molar-refractivity contribution >= 4 is 11.6 Å². The molecule has 2 nitrogen and oxygen atoms in total. The molecule has 1 aliphatic heterocycles. The van der Waals surface area contributed by atoms with E-state index in [0.29, 0.717) is 6.04 Å². The Kier molecular flexibility index (Phi) is 3.06. The van der Waals surface area contributed by atoms with Crippen LogP contribution in [0, 0.1) is 6.92 Å². The topological polar surface area (TPSA) is 21.3 Å². The smallest absolute Gasteiger partial charge is 0.0662 e. The van der Waals surface area contributed by atoms with E-state index >= 15 is 0 Å². The minimum absolute atomic E-state index is 0.320. The van der Waals surface area contributed by atoms with E-state index in [0.717, 1.165) is 24.8 Å². The van der Waals surface area contributed by atoms with Crippen molar-refractivity contribution in [3.63, 3.8) is 0 Å². The highest BCUT2D eigenvalue weighted by molar-refractivity contribution is 6.30. The lowest BCUT2D eigenvalue weighted by Gasteiger charge is -2.25. The van der Waals surface area contributed by atoms with Crippen LogP contribution in [0.25, 0.3) is 0 Å². The summed E-state index contributed by atoms with van der Waals surface area (Å²) in [5.41, 5.74) is 2.51. The lowest BCUT2D eigenvalue weighted by Crippen LogP contribution is -2.34. The normalized spacial score (nSPS) is 22.3. The molecule has 0 aliphatic carbocycles. The summed E-state index contributed by atoms with van der Waals surface area (Å²) in [5.74, 6) is 0. The van der Waals surface area contributed by atoms with Crippen molar-refractivity contribution in [2.24, 2.45) is 0 Å². The Morgan fingerprint density at radius 2 is 2.36 bits per heavy atom. The highest BCUT2D eigenvalue weighted by Gasteiger charge is 2.16. The summed E-state index contributed by atoms with van der Waals surface area (Å²) in [6, 6.07) is 6.32. The molecule has 3 heteroatoms. The van der Waals surface area contributed by atoms with Gasteiger partial charge in [0.05, 0.1) is 19.3 Å². The molecule has 1 atom stereocenters. The van der Waals surface area contributed by atoms with Gasteiger partial charge < -0.3 is 10.1 Å². The zero-order valence-electron chi connectivity index (χ0n) is 8.22. The van der Waals surface area contributed by atoms with E-state index in [1.54, 1.807) is 0 Å². The van der Waals surface area contributed by atoms with Crippen molar-refractivity contribution in [1.82, 2.24) is 5.32 Å². The summed E-state index contributed by atoms with van der Waals surface area (Å²) < 4.78 is 5.43. The lowest BCUT2D eigenvalue weighted by atomic mass is 10.0. The number of hydrogen-bond donors (Lipinski definition) is 1. The predicted molar refractivity (Wildman–Crippen MR) is 57.8 cm³/mol. The number of halogens is 1. The van der Waals surface area contributed by atoms with Crippen LogP contribution in [-0.4, -0.2) is 19.8 Å². The number of aryl methyl sites for hydroxylation is 1. The van der Waals surface area contributed by atoms with E-state index in [4.69, 9.17) is 16.3 Å². The number of ether oxygens (including phenoxy) is 1. The second-order valence-electron chi connectivity index (χ2n) is 3.58. The molecular formula is C11H14ClNO. The molecule has 0 bridgehead atoms. The van der Waals surface area contributed by atoms with Gasteiger partial charge in [0.2, 0.25) is 0 Å². The Labute approximate surface area is 89.2 Å². The fraction of sp³-hybridized carbons (Fsp3) is 0.455. The van der Waals surface area contributed by atoms with Crippen LogP contribution in [0.15, 0.2) is 18.2 Å². The van der Waals surface area contributed by atoms with Crippen LogP contribution in [0.4, 0.5) is 0 Å². The Balaban J connectivity index is 2.22. The van der Waals surface area contributed by atoms with Gasteiger partial charge in [-0.2, -0.15) is 0 Å². The summed E-state index contributed by atoms with van der Waals surface area (Å²) in [5, 5.41) is 4.22. The molecular weight excluding hydrogens is 198 g/mol. The lowest BCUT2D eigenvalue weighted by molar-refractivity contribution is 0.0767. The monoisotopic (exact) mass is 211 g/mol. The predicted octanol–water partition coefficient (Wildman–Crippen LogP) is 2.31. The number of benzene rings is 1. The van der Waals surface area contributed by atoms with Gasteiger partial charge in [0.15, 0.2) is 0 Å². The standard InChI is InChI=1S/C11H14ClNO/c1-8-6-9(12)2-3-10(8)11-7-14-5-4-13-11/h2-3,6,11,13H,4-5,7H2,1H3. The first-order valence-electron chi connectivity index (χ1n) is 4.84. The molecule has 1 unspecified atom stereocenters. The summed E-state index contributed by atoms with van der Waals surface area (Å²) in [6.45, 7) is 4.57. The molecule has 1 N–H and O–H groups in total. The van der Waals surface area contributed by atoms with Gasteiger partial charge in [-0.15, -0.1) is 0 Å². The molecule has 0 amide bonds. The van der Waals surface area contributed by atoms with E-state index in [9.17, 15) is 0 Å². The van der Waals surface area contributed by atoms with Crippen LogP contribution in [-0.2, 0) is 4.74 Å². The van der Waals surface area contributed by atoms with E-state index in [-0.39, 0.29) is 0 Å². The molecule has 14 heavy (non-hydrogen) atoms. The first kappa shape index (κ1) is 9.97. The van der Waals surface area contributed by atoms with E-state index in [1.807, 2.05) is 12.1 Å². The van der Waals surface area contributed by atoms with Gasteiger partial charge in [0.25, 0.3) is 0 Å². The van der Waals surface area contributed by atoms with Crippen molar-refractivity contribution in [3.05, 3.63) is 34.3 Å². The maximum Gasteiger partial charge on any atom is 0.0662 e. The number of hydrogen-bond acceptors (Lipinski definition) is 2. The van der Waals surface area contributed by atoms with Crippen LogP contribution >= 0.6 is 11.6 Å². The SMILES string of the molecule is Cc1cc(Cl)ccc1C1COCCN1. The van der Waals surface area contributed by atoms with Crippen LogP contribution in [0.5, 0.6) is 0 Å². The van der Waals surface area contributed by atoms with Gasteiger partial charge in [-0.05, 0) is 30.2 Å². The van der Waals surface area contributed by atoms with Crippen LogP contribution in [0.1, 0.15) is 17.2 Å². The molecule has 0 spiro atoms. The highest BCUT2D eigenvalue weighted by atomic mass is 35.5. The Bertz CT molecular complexity index is 321. The third kappa shape index (κ3) is 2.08. The fourth-order valence-corrected chi connectivity index (χ4v) is 2.02. The van der Waals surface area contributed by atoms with Gasteiger partial charge in [0, 0.05) is 11.6 Å². The molecule has 1 aliphatic rings. The van der Waals surface area contributed by atoms with Crippen molar-refractivity contribution in [1.29, 1.82) is 0 Å². The first-order chi connectivity index (χ1) is 6.77. The van der Waals surface area contributed by atoms with E-state index < -0.39 is 0 Å². The zero-order chi connectivity index (χ0) is 9.97. The fourth-order valence-electron chi connectivity index (χ4n) is 1.80. The zero-order valence-corrected chi connectivity index (χ0v) is 8.97. The van der Waals surface area contributed by atoms with Crippen LogP contribution < -0.4 is 5.32 Å². The molecule has 0 radical (unpaired) electrons. The molecule has 1 saturated heterocycles. The van der Waals surface area contributed by atoms with Gasteiger partial charge in [0.1, 0.15) is 0 Å². The largest absolute Gasteiger partial charge is 0.378 e. The van der Waals surface area contributed by atoms with Crippen molar-refractivity contribution in [2.45, 2.75) is 13.0 Å². The second-order valence-corrected chi connectivity index (χ2v) is 4.02. The van der Waals surface area contributed by atoms with E-state index in [2.05, 4.69) is 18.3 Å². The van der Waals surface area contributed by atoms with Gasteiger partial charge in [-0.3, -0.25) is 0 Å². The van der Waals surface area contributed by atoms with Crippen molar-refractivity contribution in [3.8, 4) is 0 Å². The third-order valence-corrected chi connectivity index (χ3v) is 2.76. The average molecular weight is 212 g/mol. The summed E-state index contributed by atoms with van der Waals surface area (Å²) >= 11 is 5.90. The molecule has 1 heterocycles. The minimum Gasteiger partial charge on any atom is -0.378 e. The molecule has 0 aromatic heterocycles. The average Bonchev–Trinajstić information content (AvgIpc) is 2.19. The molecule has 1 fully saturated rings. The van der Waals surface area contributed by atoms with Crippen molar-refractivity contribution < 1.29 is 4.74 Å². The Morgan fingerprint density at radius 1 is 1.50 bits per heavy atom. The van der Waals surface area contributed by atoms with Crippen LogP contribution in [0.3, 0.4) is 0 Å². The molecule has 1 aromatic carbocycles. The summed E-state index contributed by atoms with van der Waals surface area (Å²) in [7, 11) is 0. The van der Waals surface area contributed by atoms with Crippen molar-refractivity contribution in [2.75, 3.05) is 19.8 Å². The number of rotatable bonds is 1. The number of nitrogens with one attached hydrogen (secondary N) is 1. The maximum atomic E-state index is 5.90. The minimum atomic E-state index is 0.320. The van der Waals surface area contributed by atoms with Gasteiger partial charge >= 0.3 is 0 Å². The van der Waals surface area contributed by atoms with Gasteiger partial charge in [-0.1, -0.05) is 17.7 Å². The molecule has 0 saturated carbocycles. The summed E-state index contributed by atoms with van der Waals surface area (Å²) in [6.07, 6.45) is 0. The quantitative estimate of drug-likeness (QED) is 0.770. The second kappa shape index (κ2) is 4.30. The highest BCUT2D eigenvalue weighted by Crippen LogP contribution is 2.22. The summed E-state index contributed by atoms with van der Waals surface area (Å²) in [4.78, 5) is 0. The Morgan fingerprint density at radius 3 is 3.00 bits per heavy atom. The van der Waals surface area contributed by atoms with Gasteiger partial charge in [-0.25, -0.2) is 0 Å².